The van der Waals surface area contributed by atoms with Gasteiger partial charge in [0.05, 0.1) is 5.69 Å². The van der Waals surface area contributed by atoms with Crippen LogP contribution in [-0.4, -0.2) is 15.0 Å². The van der Waals surface area contributed by atoms with E-state index >= 15 is 0 Å². The zero-order valence-electron chi connectivity index (χ0n) is 10.6. The highest BCUT2D eigenvalue weighted by molar-refractivity contribution is 7.80. The van der Waals surface area contributed by atoms with E-state index in [0.29, 0.717) is 17.1 Å². The van der Waals surface area contributed by atoms with Gasteiger partial charge in [-0.15, -0.1) is 0 Å². The van der Waals surface area contributed by atoms with Crippen LogP contribution >= 0.6 is 12.2 Å². The summed E-state index contributed by atoms with van der Waals surface area (Å²) in [7, 11) is 0. The van der Waals surface area contributed by atoms with Gasteiger partial charge in [0.15, 0.2) is 0 Å². The maximum Gasteiger partial charge on any atom is 0.228 e. The molecule has 2 rings (SSSR count). The van der Waals surface area contributed by atoms with Crippen LogP contribution in [0.3, 0.4) is 0 Å². The third-order valence-electron chi connectivity index (χ3n) is 2.48. The Kier molecular flexibility index (Phi) is 3.71. The molecule has 0 aliphatic carbocycles. The third-order valence-corrected chi connectivity index (χ3v) is 2.69. The largest absolute Gasteiger partial charge is 0.388 e. The molecule has 2 aromatic rings. The minimum Gasteiger partial charge on any atom is -0.388 e. The number of halogens is 1. The van der Waals surface area contributed by atoms with Crippen LogP contribution in [0.15, 0.2) is 24.3 Å². The Labute approximate surface area is 115 Å². The normalized spacial score (nSPS) is 10.3. The van der Waals surface area contributed by atoms with Crippen molar-refractivity contribution in [2.45, 2.75) is 13.8 Å². The Balaban J connectivity index is 2.35. The lowest BCUT2D eigenvalue weighted by Gasteiger charge is -2.08. The molecule has 1 heterocycles. The fourth-order valence-electron chi connectivity index (χ4n) is 1.59. The maximum absolute atomic E-state index is 13.7. The summed E-state index contributed by atoms with van der Waals surface area (Å²) in [5.41, 5.74) is 7.85. The second kappa shape index (κ2) is 5.27. The van der Waals surface area contributed by atoms with Gasteiger partial charge in [-0.25, -0.2) is 14.4 Å². The van der Waals surface area contributed by atoms with Gasteiger partial charge in [0.1, 0.15) is 16.5 Å². The van der Waals surface area contributed by atoms with E-state index < -0.39 is 0 Å². The highest BCUT2D eigenvalue weighted by Gasteiger charge is 2.07. The van der Waals surface area contributed by atoms with Gasteiger partial charge in [-0.2, -0.15) is 0 Å². The zero-order valence-corrected chi connectivity index (χ0v) is 11.4. The van der Waals surface area contributed by atoms with Gasteiger partial charge in [0.2, 0.25) is 5.95 Å². The van der Waals surface area contributed by atoms with E-state index in [1.807, 2.05) is 6.92 Å². The predicted molar refractivity (Wildman–Crippen MR) is 77.1 cm³/mol. The molecule has 98 valence electrons. The Bertz CT molecular complexity index is 643. The lowest BCUT2D eigenvalue weighted by Crippen LogP contribution is -2.14. The van der Waals surface area contributed by atoms with E-state index in [9.17, 15) is 4.39 Å². The molecule has 0 fully saturated rings. The van der Waals surface area contributed by atoms with Crippen molar-refractivity contribution in [3.8, 4) is 0 Å². The van der Waals surface area contributed by atoms with E-state index in [2.05, 4.69) is 15.3 Å². The molecule has 0 aliphatic rings. The molecule has 4 nitrogen and oxygen atoms in total. The van der Waals surface area contributed by atoms with Gasteiger partial charge in [-0.1, -0.05) is 18.3 Å². The predicted octanol–water partition coefficient (Wildman–Crippen LogP) is 2.61. The number of thiocarbonyl (C=S) groups is 1. The summed E-state index contributed by atoms with van der Waals surface area (Å²) in [5.74, 6) is -0.0902. The molecule has 0 bridgehead atoms. The van der Waals surface area contributed by atoms with Gasteiger partial charge >= 0.3 is 0 Å². The molecule has 1 aromatic heterocycles. The minimum atomic E-state index is -0.359. The fourth-order valence-corrected chi connectivity index (χ4v) is 1.70. The van der Waals surface area contributed by atoms with Crippen LogP contribution in [0.2, 0.25) is 0 Å². The van der Waals surface area contributed by atoms with Gasteiger partial charge in [-0.05, 0) is 37.6 Å². The van der Waals surface area contributed by atoms with Gasteiger partial charge < -0.3 is 11.1 Å². The Hall–Kier alpha value is -2.08. The molecular formula is C13H13FN4S. The van der Waals surface area contributed by atoms with E-state index in [0.717, 1.165) is 5.56 Å². The summed E-state index contributed by atoms with van der Waals surface area (Å²) < 4.78 is 13.7. The molecule has 3 N–H and O–H groups in total. The van der Waals surface area contributed by atoms with E-state index in [1.165, 1.54) is 6.07 Å². The zero-order chi connectivity index (χ0) is 14.0. The van der Waals surface area contributed by atoms with Crippen molar-refractivity contribution in [2.24, 2.45) is 5.73 Å². The number of aryl methyl sites for hydroxylation is 2. The number of nitrogens with one attached hydrogen (secondary N) is 1. The number of anilines is 2. The number of benzene rings is 1. The fraction of sp³-hybridized carbons (Fsp3) is 0.154. The van der Waals surface area contributed by atoms with E-state index in [1.54, 1.807) is 25.1 Å². The molecule has 0 amide bonds. The summed E-state index contributed by atoms with van der Waals surface area (Å²) in [6.07, 6.45) is 0. The number of nitrogens with zero attached hydrogens (tertiary/aromatic N) is 2. The highest BCUT2D eigenvalue weighted by atomic mass is 32.1. The van der Waals surface area contributed by atoms with E-state index in [-0.39, 0.29) is 16.8 Å². The SMILES string of the molecule is Cc1ccc(Nc2nc(C)cc(C(N)=S)n2)c(F)c1. The van der Waals surface area contributed by atoms with Crippen LogP contribution in [-0.2, 0) is 0 Å². The molecule has 0 saturated carbocycles. The average Bonchev–Trinajstić information content (AvgIpc) is 2.32. The van der Waals surface area contributed by atoms with Crippen LogP contribution in [0, 0.1) is 19.7 Å². The number of aromatic nitrogens is 2. The van der Waals surface area contributed by atoms with Gasteiger partial charge in [0.25, 0.3) is 0 Å². The summed E-state index contributed by atoms with van der Waals surface area (Å²) in [5, 5.41) is 2.82. The Morgan fingerprint density at radius 1 is 1.26 bits per heavy atom. The lowest BCUT2D eigenvalue weighted by atomic mass is 10.2. The van der Waals surface area contributed by atoms with Gasteiger partial charge in [-0.3, -0.25) is 0 Å². The van der Waals surface area contributed by atoms with Crippen LogP contribution in [0.25, 0.3) is 0 Å². The summed E-state index contributed by atoms with van der Waals surface area (Å²) in [6, 6.07) is 6.55. The molecule has 19 heavy (non-hydrogen) atoms. The Morgan fingerprint density at radius 2 is 2.00 bits per heavy atom. The minimum absolute atomic E-state index is 0.179. The summed E-state index contributed by atoms with van der Waals surface area (Å²) in [4.78, 5) is 8.49. The topological polar surface area (TPSA) is 63.8 Å². The molecule has 6 heteroatoms. The third kappa shape index (κ3) is 3.23. The summed E-state index contributed by atoms with van der Waals surface area (Å²) in [6.45, 7) is 3.61. The van der Waals surface area contributed by atoms with Crippen LogP contribution in [0.1, 0.15) is 17.0 Å². The first-order valence-electron chi connectivity index (χ1n) is 5.64. The molecule has 0 saturated heterocycles. The van der Waals surface area contributed by atoms with Crippen LogP contribution in [0.4, 0.5) is 16.0 Å². The number of rotatable bonds is 3. The van der Waals surface area contributed by atoms with Crippen molar-refractivity contribution in [3.63, 3.8) is 0 Å². The smallest absolute Gasteiger partial charge is 0.228 e. The number of nitrogens with two attached hydrogens (primary N) is 1. The molecule has 0 atom stereocenters. The standard InChI is InChI=1S/C13H13FN4S/c1-7-3-4-10(9(14)5-7)17-13-16-8(2)6-11(18-13)12(15)19/h3-6H,1-2H3,(H2,15,19)(H,16,17,18). The number of hydrogen-bond acceptors (Lipinski definition) is 4. The molecule has 0 radical (unpaired) electrons. The molecule has 1 aromatic carbocycles. The average molecular weight is 276 g/mol. The first-order chi connectivity index (χ1) is 8.95. The molecule has 0 aliphatic heterocycles. The maximum atomic E-state index is 13.7. The first kappa shape index (κ1) is 13.4. The first-order valence-corrected chi connectivity index (χ1v) is 6.05. The lowest BCUT2D eigenvalue weighted by molar-refractivity contribution is 0.630. The monoisotopic (exact) mass is 276 g/mol. The van der Waals surface area contributed by atoms with Crippen molar-refractivity contribution in [2.75, 3.05) is 5.32 Å². The molecular weight excluding hydrogens is 263 g/mol. The van der Waals surface area contributed by atoms with Crippen molar-refractivity contribution in [1.82, 2.24) is 9.97 Å². The van der Waals surface area contributed by atoms with E-state index in [4.69, 9.17) is 18.0 Å². The number of hydrogen-bond donors (Lipinski definition) is 2. The summed E-state index contributed by atoms with van der Waals surface area (Å²) >= 11 is 4.87. The van der Waals surface area contributed by atoms with Gasteiger partial charge in [0, 0.05) is 5.69 Å². The van der Waals surface area contributed by atoms with Crippen molar-refractivity contribution < 1.29 is 4.39 Å². The van der Waals surface area contributed by atoms with Crippen molar-refractivity contribution in [3.05, 3.63) is 47.0 Å². The van der Waals surface area contributed by atoms with Crippen molar-refractivity contribution in [1.29, 1.82) is 0 Å². The second-order valence-electron chi connectivity index (χ2n) is 4.19. The molecule has 0 spiro atoms. The quantitative estimate of drug-likeness (QED) is 0.844. The highest BCUT2D eigenvalue weighted by Crippen LogP contribution is 2.19. The van der Waals surface area contributed by atoms with Crippen LogP contribution < -0.4 is 11.1 Å². The van der Waals surface area contributed by atoms with Crippen LogP contribution in [0.5, 0.6) is 0 Å². The second-order valence-corrected chi connectivity index (χ2v) is 4.63. The van der Waals surface area contributed by atoms with Crippen molar-refractivity contribution >= 4 is 28.8 Å². The molecule has 0 unspecified atom stereocenters. The Morgan fingerprint density at radius 3 is 2.63 bits per heavy atom.